The van der Waals surface area contributed by atoms with E-state index in [4.69, 9.17) is 24.5 Å². The maximum absolute atomic E-state index is 13.9. The maximum Gasteiger partial charge on any atom is 0.414 e. The van der Waals surface area contributed by atoms with Gasteiger partial charge in [0, 0.05) is 38.3 Å². The van der Waals surface area contributed by atoms with Gasteiger partial charge in [0.2, 0.25) is 0 Å². The van der Waals surface area contributed by atoms with Gasteiger partial charge < -0.3 is 19.8 Å². The van der Waals surface area contributed by atoms with E-state index in [0.717, 1.165) is 30.9 Å². The molecule has 1 heterocycles. The van der Waals surface area contributed by atoms with Gasteiger partial charge in [-0.05, 0) is 29.0 Å². The largest absolute Gasteiger partial charge is 0.496 e. The van der Waals surface area contributed by atoms with Crippen molar-refractivity contribution < 1.29 is 33.7 Å². The first-order valence-corrected chi connectivity index (χ1v) is 10.6. The molecule has 1 aliphatic rings. The first kappa shape index (κ1) is 24.7. The number of fused-ring (bicyclic) bond motifs is 1. The van der Waals surface area contributed by atoms with E-state index in [1.165, 1.54) is 16.8 Å². The number of amides is 1. The number of carbonyl (C=O) groups is 3. The molecule has 1 saturated heterocycles. The van der Waals surface area contributed by atoms with Crippen LogP contribution in [0.4, 0.5) is 4.39 Å². The van der Waals surface area contributed by atoms with Crippen LogP contribution < -0.4 is 4.74 Å². The Morgan fingerprint density at radius 1 is 0.882 bits per heavy atom. The third-order valence-corrected chi connectivity index (χ3v) is 5.55. The summed E-state index contributed by atoms with van der Waals surface area (Å²) in [6, 6.07) is 18.5. The van der Waals surface area contributed by atoms with Gasteiger partial charge in [0.1, 0.15) is 11.6 Å². The average molecular weight is 468 g/mol. The molecule has 0 unspecified atom stereocenters. The quantitative estimate of drug-likeness (QED) is 0.567. The SMILES string of the molecule is COc1ccc2ccccc2c1CN1CCN(C(=O)c2ccccc2F)CC1.O=C(O)C(=O)O. The lowest BCUT2D eigenvalue weighted by Crippen LogP contribution is -2.48. The van der Waals surface area contributed by atoms with E-state index in [1.54, 1.807) is 30.2 Å². The van der Waals surface area contributed by atoms with E-state index in [2.05, 4.69) is 23.1 Å². The molecule has 4 rings (SSSR count). The summed E-state index contributed by atoms with van der Waals surface area (Å²) < 4.78 is 19.5. The monoisotopic (exact) mass is 468 g/mol. The third kappa shape index (κ3) is 5.87. The number of ether oxygens (including phenoxy) is 1. The molecule has 1 amide bonds. The molecule has 178 valence electrons. The molecule has 0 aromatic heterocycles. The van der Waals surface area contributed by atoms with Crippen LogP contribution in [0.1, 0.15) is 15.9 Å². The minimum absolute atomic E-state index is 0.145. The summed E-state index contributed by atoms with van der Waals surface area (Å²) >= 11 is 0. The normalized spacial score (nSPS) is 13.6. The molecule has 0 aliphatic carbocycles. The number of hydrogen-bond acceptors (Lipinski definition) is 5. The second kappa shape index (κ2) is 11.2. The zero-order chi connectivity index (χ0) is 24.7. The second-order valence-electron chi connectivity index (χ2n) is 7.63. The second-order valence-corrected chi connectivity index (χ2v) is 7.63. The molecular weight excluding hydrogens is 443 g/mol. The van der Waals surface area contributed by atoms with Gasteiger partial charge >= 0.3 is 11.9 Å². The molecule has 3 aromatic carbocycles. The van der Waals surface area contributed by atoms with Crippen molar-refractivity contribution in [3.8, 4) is 5.75 Å². The number of benzene rings is 3. The summed E-state index contributed by atoms with van der Waals surface area (Å²) in [6.45, 7) is 3.41. The van der Waals surface area contributed by atoms with Gasteiger partial charge in [-0.15, -0.1) is 0 Å². The first-order valence-electron chi connectivity index (χ1n) is 10.6. The van der Waals surface area contributed by atoms with Gasteiger partial charge in [0.15, 0.2) is 0 Å². The van der Waals surface area contributed by atoms with E-state index in [0.29, 0.717) is 13.1 Å². The molecular formula is C25H25FN2O6. The molecule has 1 fully saturated rings. The van der Waals surface area contributed by atoms with Crippen molar-refractivity contribution in [3.05, 3.63) is 77.6 Å². The minimum Gasteiger partial charge on any atom is -0.496 e. The summed E-state index contributed by atoms with van der Waals surface area (Å²) in [5, 5.41) is 17.2. The number of carboxylic acids is 2. The summed E-state index contributed by atoms with van der Waals surface area (Å²) in [6.07, 6.45) is 0. The Balaban J connectivity index is 0.000000481. The Kier molecular flexibility index (Phi) is 8.15. The van der Waals surface area contributed by atoms with E-state index in [1.807, 2.05) is 18.2 Å². The third-order valence-electron chi connectivity index (χ3n) is 5.55. The van der Waals surface area contributed by atoms with Crippen molar-refractivity contribution in [2.75, 3.05) is 33.3 Å². The van der Waals surface area contributed by atoms with Crippen molar-refractivity contribution in [1.29, 1.82) is 0 Å². The highest BCUT2D eigenvalue weighted by Gasteiger charge is 2.24. The number of hydrogen-bond donors (Lipinski definition) is 2. The minimum atomic E-state index is -1.82. The number of carboxylic acid groups (broad SMARTS) is 2. The summed E-state index contributed by atoms with van der Waals surface area (Å²) in [4.78, 5) is 34.9. The Morgan fingerprint density at radius 3 is 2.12 bits per heavy atom. The number of nitrogens with zero attached hydrogens (tertiary/aromatic N) is 2. The molecule has 0 bridgehead atoms. The summed E-state index contributed by atoms with van der Waals surface area (Å²) in [7, 11) is 1.69. The smallest absolute Gasteiger partial charge is 0.414 e. The van der Waals surface area contributed by atoms with Crippen LogP contribution >= 0.6 is 0 Å². The van der Waals surface area contributed by atoms with Gasteiger partial charge in [-0.25, -0.2) is 14.0 Å². The zero-order valence-electron chi connectivity index (χ0n) is 18.6. The summed E-state index contributed by atoms with van der Waals surface area (Å²) in [5.41, 5.74) is 1.31. The van der Waals surface area contributed by atoms with Crippen LogP contribution in [0.3, 0.4) is 0 Å². The molecule has 0 spiro atoms. The van der Waals surface area contributed by atoms with Crippen molar-refractivity contribution in [3.63, 3.8) is 0 Å². The molecule has 3 aromatic rings. The number of carbonyl (C=O) groups excluding carboxylic acids is 1. The Bertz CT molecular complexity index is 1180. The summed E-state index contributed by atoms with van der Waals surface area (Å²) in [5.74, 6) is -3.47. The van der Waals surface area contributed by atoms with E-state index in [9.17, 15) is 9.18 Å². The lowest BCUT2D eigenvalue weighted by molar-refractivity contribution is -0.159. The van der Waals surface area contributed by atoms with E-state index in [-0.39, 0.29) is 11.5 Å². The maximum atomic E-state index is 13.9. The van der Waals surface area contributed by atoms with Crippen LogP contribution in [0.25, 0.3) is 10.8 Å². The molecule has 9 heteroatoms. The lowest BCUT2D eigenvalue weighted by Gasteiger charge is -2.35. The van der Waals surface area contributed by atoms with Crippen LogP contribution in [0.2, 0.25) is 0 Å². The lowest BCUT2D eigenvalue weighted by atomic mass is 10.0. The Morgan fingerprint density at radius 2 is 1.50 bits per heavy atom. The molecule has 0 radical (unpaired) electrons. The molecule has 0 atom stereocenters. The Labute approximate surface area is 195 Å². The van der Waals surface area contributed by atoms with Crippen molar-refractivity contribution in [2.24, 2.45) is 0 Å². The van der Waals surface area contributed by atoms with Gasteiger partial charge in [0.05, 0.1) is 12.7 Å². The molecule has 8 nitrogen and oxygen atoms in total. The van der Waals surface area contributed by atoms with Crippen LogP contribution in [-0.4, -0.2) is 71.1 Å². The van der Waals surface area contributed by atoms with Crippen LogP contribution in [0.15, 0.2) is 60.7 Å². The number of aliphatic carboxylic acids is 2. The number of piperazine rings is 1. The standard InChI is InChI=1S/C23H23FN2O2.C2H2O4/c1-28-22-11-10-17-6-2-3-7-18(17)20(22)16-25-12-14-26(15-13-25)23(27)19-8-4-5-9-21(19)24;3-1(4)2(5)6/h2-11H,12-16H2,1H3;(H,3,4)(H,5,6). The highest BCUT2D eigenvalue weighted by molar-refractivity contribution is 6.27. The van der Waals surface area contributed by atoms with Gasteiger partial charge in [-0.3, -0.25) is 9.69 Å². The van der Waals surface area contributed by atoms with Gasteiger partial charge in [0.25, 0.3) is 5.91 Å². The van der Waals surface area contributed by atoms with Crippen LogP contribution in [0.5, 0.6) is 5.75 Å². The molecule has 2 N–H and O–H groups in total. The van der Waals surface area contributed by atoms with E-state index < -0.39 is 17.8 Å². The van der Waals surface area contributed by atoms with Crippen molar-refractivity contribution in [2.45, 2.75) is 6.54 Å². The van der Waals surface area contributed by atoms with Gasteiger partial charge in [-0.1, -0.05) is 42.5 Å². The highest BCUT2D eigenvalue weighted by atomic mass is 19.1. The molecule has 1 aliphatic heterocycles. The van der Waals surface area contributed by atoms with E-state index >= 15 is 0 Å². The van der Waals surface area contributed by atoms with Crippen LogP contribution in [-0.2, 0) is 16.1 Å². The fourth-order valence-corrected chi connectivity index (χ4v) is 3.81. The highest BCUT2D eigenvalue weighted by Crippen LogP contribution is 2.29. The van der Waals surface area contributed by atoms with Crippen molar-refractivity contribution in [1.82, 2.24) is 9.80 Å². The fraction of sp³-hybridized carbons (Fsp3) is 0.240. The predicted octanol–water partition coefficient (Wildman–Crippen LogP) is 3.10. The predicted molar refractivity (Wildman–Crippen MR) is 123 cm³/mol. The average Bonchev–Trinajstić information content (AvgIpc) is 2.85. The number of methoxy groups -OCH3 is 1. The Hall–Kier alpha value is -3.98. The molecule has 34 heavy (non-hydrogen) atoms. The first-order chi connectivity index (χ1) is 16.3. The van der Waals surface area contributed by atoms with Gasteiger partial charge in [-0.2, -0.15) is 0 Å². The topological polar surface area (TPSA) is 107 Å². The fourth-order valence-electron chi connectivity index (χ4n) is 3.81. The van der Waals surface area contributed by atoms with Crippen LogP contribution in [0, 0.1) is 5.82 Å². The number of rotatable bonds is 4. The number of halogens is 1. The zero-order valence-corrected chi connectivity index (χ0v) is 18.6. The molecule has 0 saturated carbocycles. The van der Waals surface area contributed by atoms with Crippen molar-refractivity contribution >= 4 is 28.6 Å².